The van der Waals surface area contributed by atoms with E-state index in [0.717, 1.165) is 0 Å². The number of pyridine rings is 1. The van der Waals surface area contributed by atoms with Crippen LogP contribution in [0.5, 0.6) is 5.75 Å². The molecule has 0 saturated carbocycles. The van der Waals surface area contributed by atoms with Gasteiger partial charge in [-0.25, -0.2) is 19.2 Å². The molecule has 2 aromatic heterocycles. The molecule has 1 amide bonds. The summed E-state index contributed by atoms with van der Waals surface area (Å²) in [4.78, 5) is 23.7. The molecule has 0 fully saturated rings. The van der Waals surface area contributed by atoms with E-state index in [2.05, 4.69) is 20.3 Å². The first-order chi connectivity index (χ1) is 13.8. The lowest BCUT2D eigenvalue weighted by atomic mass is 9.91. The minimum Gasteiger partial charge on any atom is -0.488 e. The topological polar surface area (TPSA) is 97.2 Å². The number of nitrogens with one attached hydrogen (secondary N) is 1. The SMILES string of the molecule is CC(C)CC(C)(COc1ccc(-c2ccnc3nccnc23)cc1F)NC(=O)O. The fourth-order valence-electron chi connectivity index (χ4n) is 3.44. The van der Waals surface area contributed by atoms with Gasteiger partial charge in [-0.05, 0) is 43.0 Å². The van der Waals surface area contributed by atoms with Gasteiger partial charge in [0.1, 0.15) is 12.1 Å². The average molecular weight is 398 g/mol. The number of carbonyl (C=O) groups is 1. The van der Waals surface area contributed by atoms with Crippen LogP contribution in [0.15, 0.2) is 42.9 Å². The fourth-order valence-corrected chi connectivity index (χ4v) is 3.44. The number of halogens is 1. The molecule has 152 valence electrons. The molecule has 29 heavy (non-hydrogen) atoms. The van der Waals surface area contributed by atoms with Gasteiger partial charge in [-0.3, -0.25) is 4.98 Å². The first kappa shape index (κ1) is 20.4. The largest absolute Gasteiger partial charge is 0.488 e. The van der Waals surface area contributed by atoms with Gasteiger partial charge in [0.15, 0.2) is 17.2 Å². The maximum Gasteiger partial charge on any atom is 0.405 e. The van der Waals surface area contributed by atoms with E-state index >= 15 is 0 Å². The van der Waals surface area contributed by atoms with E-state index in [9.17, 15) is 9.18 Å². The fraction of sp³-hybridized carbons (Fsp3) is 0.333. The molecule has 1 aromatic carbocycles. The van der Waals surface area contributed by atoms with Crippen molar-refractivity contribution in [3.63, 3.8) is 0 Å². The number of amides is 1. The molecule has 0 radical (unpaired) electrons. The Bertz CT molecular complexity index is 1020. The minimum atomic E-state index is -1.14. The zero-order valence-electron chi connectivity index (χ0n) is 16.5. The van der Waals surface area contributed by atoms with Crippen molar-refractivity contribution in [3.05, 3.63) is 48.7 Å². The number of nitrogens with zero attached hydrogens (tertiary/aromatic N) is 3. The van der Waals surface area contributed by atoms with E-state index < -0.39 is 17.4 Å². The first-order valence-electron chi connectivity index (χ1n) is 9.27. The molecular weight excluding hydrogens is 375 g/mol. The van der Waals surface area contributed by atoms with Crippen molar-refractivity contribution in [3.8, 4) is 16.9 Å². The molecule has 0 bridgehead atoms. The smallest absolute Gasteiger partial charge is 0.405 e. The molecule has 0 aliphatic rings. The maximum absolute atomic E-state index is 14.7. The summed E-state index contributed by atoms with van der Waals surface area (Å²) < 4.78 is 20.4. The lowest BCUT2D eigenvalue weighted by Crippen LogP contribution is -2.50. The van der Waals surface area contributed by atoms with Crippen LogP contribution in [0.3, 0.4) is 0 Å². The first-order valence-corrected chi connectivity index (χ1v) is 9.27. The number of benzene rings is 1. The van der Waals surface area contributed by atoms with E-state index in [0.29, 0.717) is 28.7 Å². The molecule has 1 unspecified atom stereocenters. The van der Waals surface area contributed by atoms with Crippen molar-refractivity contribution in [2.75, 3.05) is 6.61 Å². The van der Waals surface area contributed by atoms with Crippen LogP contribution in [0.1, 0.15) is 27.2 Å². The Labute approximate surface area is 168 Å². The van der Waals surface area contributed by atoms with Crippen molar-refractivity contribution in [2.24, 2.45) is 5.92 Å². The third kappa shape index (κ3) is 4.96. The molecule has 0 spiro atoms. The van der Waals surface area contributed by atoms with Gasteiger partial charge in [0, 0.05) is 24.2 Å². The summed E-state index contributed by atoms with van der Waals surface area (Å²) in [7, 11) is 0. The normalized spacial score (nSPS) is 13.3. The number of carboxylic acid groups (broad SMARTS) is 1. The maximum atomic E-state index is 14.7. The van der Waals surface area contributed by atoms with Gasteiger partial charge in [-0.15, -0.1) is 0 Å². The predicted molar refractivity (Wildman–Crippen MR) is 107 cm³/mol. The van der Waals surface area contributed by atoms with Crippen molar-refractivity contribution in [1.29, 1.82) is 0 Å². The quantitative estimate of drug-likeness (QED) is 0.616. The summed E-state index contributed by atoms with van der Waals surface area (Å²) >= 11 is 0. The van der Waals surface area contributed by atoms with Gasteiger partial charge in [0.2, 0.25) is 0 Å². The number of hydrogen-bond acceptors (Lipinski definition) is 5. The van der Waals surface area contributed by atoms with Gasteiger partial charge in [0.25, 0.3) is 0 Å². The zero-order valence-corrected chi connectivity index (χ0v) is 16.5. The number of ether oxygens (including phenoxy) is 1. The Kier molecular flexibility index (Phi) is 5.91. The van der Waals surface area contributed by atoms with Crippen LogP contribution in [0.25, 0.3) is 22.3 Å². The monoisotopic (exact) mass is 398 g/mol. The van der Waals surface area contributed by atoms with Crippen LogP contribution < -0.4 is 10.1 Å². The highest BCUT2D eigenvalue weighted by atomic mass is 19.1. The number of rotatable bonds is 7. The molecule has 7 nitrogen and oxygen atoms in total. The van der Waals surface area contributed by atoms with E-state index in [1.54, 1.807) is 37.6 Å². The standard InChI is InChI=1S/C21H23FN4O3/c1-13(2)11-21(3,26-20(27)28)12-29-17-5-4-14(10-16(17)22)15-6-7-24-19-18(15)23-8-9-25-19/h4-10,13,26H,11-12H2,1-3H3,(H,27,28). The Morgan fingerprint density at radius 3 is 2.62 bits per heavy atom. The Morgan fingerprint density at radius 1 is 1.21 bits per heavy atom. The van der Waals surface area contributed by atoms with Gasteiger partial charge < -0.3 is 15.2 Å². The van der Waals surface area contributed by atoms with E-state index in [4.69, 9.17) is 9.84 Å². The Balaban J connectivity index is 1.83. The molecule has 0 aliphatic carbocycles. The molecule has 1 atom stereocenters. The van der Waals surface area contributed by atoms with Crippen LogP contribution in [-0.4, -0.2) is 38.3 Å². The average Bonchev–Trinajstić information content (AvgIpc) is 2.65. The lowest BCUT2D eigenvalue weighted by Gasteiger charge is -2.31. The highest BCUT2D eigenvalue weighted by molar-refractivity contribution is 5.88. The van der Waals surface area contributed by atoms with Crippen LogP contribution in [0, 0.1) is 11.7 Å². The van der Waals surface area contributed by atoms with Gasteiger partial charge in [-0.1, -0.05) is 19.9 Å². The second-order valence-electron chi connectivity index (χ2n) is 7.61. The molecule has 0 saturated heterocycles. The van der Waals surface area contributed by atoms with Crippen LogP contribution in [-0.2, 0) is 0 Å². The predicted octanol–water partition coefficient (Wildman–Crippen LogP) is 4.28. The molecular formula is C21H23FN4O3. The summed E-state index contributed by atoms with van der Waals surface area (Å²) in [6.45, 7) is 5.73. The molecule has 3 rings (SSSR count). The molecule has 8 heteroatoms. The third-order valence-electron chi connectivity index (χ3n) is 4.43. The van der Waals surface area contributed by atoms with Gasteiger partial charge in [-0.2, -0.15) is 0 Å². The molecule has 3 aromatic rings. The van der Waals surface area contributed by atoms with E-state index in [1.165, 1.54) is 12.1 Å². The summed E-state index contributed by atoms with van der Waals surface area (Å²) in [6.07, 6.45) is 4.13. The summed E-state index contributed by atoms with van der Waals surface area (Å²) in [5.41, 5.74) is 1.57. The summed E-state index contributed by atoms with van der Waals surface area (Å²) in [6, 6.07) is 6.38. The zero-order chi connectivity index (χ0) is 21.0. The minimum absolute atomic E-state index is 0.0113. The van der Waals surface area contributed by atoms with Crippen molar-refractivity contribution < 1.29 is 19.0 Å². The van der Waals surface area contributed by atoms with Gasteiger partial charge >= 0.3 is 6.09 Å². The molecule has 0 aliphatic heterocycles. The van der Waals surface area contributed by atoms with Crippen LogP contribution >= 0.6 is 0 Å². The van der Waals surface area contributed by atoms with Crippen LogP contribution in [0.4, 0.5) is 9.18 Å². The van der Waals surface area contributed by atoms with Gasteiger partial charge in [0.05, 0.1) is 5.54 Å². The number of fused-ring (bicyclic) bond motifs is 1. The van der Waals surface area contributed by atoms with Crippen LogP contribution in [0.2, 0.25) is 0 Å². The highest BCUT2D eigenvalue weighted by Gasteiger charge is 2.29. The lowest BCUT2D eigenvalue weighted by molar-refractivity contribution is 0.141. The Hall–Kier alpha value is -3.29. The second-order valence-corrected chi connectivity index (χ2v) is 7.61. The summed E-state index contributed by atoms with van der Waals surface area (Å²) in [5.74, 6) is -0.248. The summed E-state index contributed by atoms with van der Waals surface area (Å²) in [5, 5.41) is 11.6. The highest BCUT2D eigenvalue weighted by Crippen LogP contribution is 2.29. The third-order valence-corrected chi connectivity index (χ3v) is 4.43. The Morgan fingerprint density at radius 2 is 1.93 bits per heavy atom. The van der Waals surface area contributed by atoms with Crippen molar-refractivity contribution >= 4 is 17.3 Å². The van der Waals surface area contributed by atoms with E-state index in [-0.39, 0.29) is 18.3 Å². The van der Waals surface area contributed by atoms with Crippen molar-refractivity contribution in [2.45, 2.75) is 32.7 Å². The van der Waals surface area contributed by atoms with Crippen molar-refractivity contribution in [1.82, 2.24) is 20.3 Å². The molecule has 2 N–H and O–H groups in total. The van der Waals surface area contributed by atoms with E-state index in [1.807, 2.05) is 13.8 Å². The second kappa shape index (κ2) is 8.38. The number of hydrogen-bond donors (Lipinski definition) is 2. The number of aromatic nitrogens is 3. The molecule has 2 heterocycles.